The highest BCUT2D eigenvalue weighted by Gasteiger charge is 2.15. The Morgan fingerprint density at radius 1 is 1.14 bits per heavy atom. The molecule has 0 unspecified atom stereocenters. The average Bonchev–Trinajstić information content (AvgIpc) is 2.73. The predicted molar refractivity (Wildman–Crippen MR) is 92.5 cm³/mol. The summed E-state index contributed by atoms with van der Waals surface area (Å²) in [6, 6.07) is 13.3. The minimum atomic E-state index is 0.403. The number of fused-ring (bicyclic) bond motifs is 1. The highest BCUT2D eigenvalue weighted by Crippen LogP contribution is 2.24. The number of pyridine rings is 1. The SMILES string of the molecule is CC(C)Nc1nc(Cc2ccccc2)cc2c1CCNCC2. The molecule has 3 rings (SSSR count). The van der Waals surface area contributed by atoms with Crippen LogP contribution >= 0.6 is 0 Å². The van der Waals surface area contributed by atoms with Crippen LogP contribution in [0.3, 0.4) is 0 Å². The quantitative estimate of drug-likeness (QED) is 0.909. The van der Waals surface area contributed by atoms with Gasteiger partial charge in [-0.15, -0.1) is 0 Å². The van der Waals surface area contributed by atoms with Gasteiger partial charge in [-0.2, -0.15) is 0 Å². The summed E-state index contributed by atoms with van der Waals surface area (Å²) >= 11 is 0. The van der Waals surface area contributed by atoms with Gasteiger partial charge in [0.15, 0.2) is 0 Å². The van der Waals surface area contributed by atoms with Gasteiger partial charge in [0.1, 0.15) is 5.82 Å². The summed E-state index contributed by atoms with van der Waals surface area (Å²) < 4.78 is 0. The number of anilines is 1. The fourth-order valence-corrected chi connectivity index (χ4v) is 3.04. The Hall–Kier alpha value is -1.87. The van der Waals surface area contributed by atoms with Crippen molar-refractivity contribution in [3.8, 4) is 0 Å². The van der Waals surface area contributed by atoms with Gasteiger partial charge in [-0.25, -0.2) is 4.98 Å². The van der Waals surface area contributed by atoms with Gasteiger partial charge < -0.3 is 10.6 Å². The Kier molecular flexibility index (Phi) is 4.74. The van der Waals surface area contributed by atoms with Crippen molar-refractivity contribution >= 4 is 5.82 Å². The van der Waals surface area contributed by atoms with E-state index in [1.165, 1.54) is 16.7 Å². The molecule has 3 nitrogen and oxygen atoms in total. The van der Waals surface area contributed by atoms with Crippen LogP contribution in [-0.2, 0) is 19.3 Å². The summed E-state index contributed by atoms with van der Waals surface area (Å²) in [7, 11) is 0. The second kappa shape index (κ2) is 6.93. The Morgan fingerprint density at radius 2 is 1.91 bits per heavy atom. The zero-order valence-corrected chi connectivity index (χ0v) is 13.5. The van der Waals surface area contributed by atoms with Crippen LogP contribution < -0.4 is 10.6 Å². The molecule has 0 atom stereocenters. The first-order chi connectivity index (χ1) is 10.7. The molecule has 0 saturated heterocycles. The van der Waals surface area contributed by atoms with Gasteiger partial charge in [-0.3, -0.25) is 0 Å². The average molecular weight is 295 g/mol. The van der Waals surface area contributed by atoms with Crippen LogP contribution in [-0.4, -0.2) is 24.1 Å². The largest absolute Gasteiger partial charge is 0.368 e. The van der Waals surface area contributed by atoms with Gasteiger partial charge in [-0.05, 0) is 62.5 Å². The van der Waals surface area contributed by atoms with Crippen LogP contribution in [0.1, 0.15) is 36.2 Å². The van der Waals surface area contributed by atoms with Crippen LogP contribution in [0.25, 0.3) is 0 Å². The van der Waals surface area contributed by atoms with Crippen molar-refractivity contribution < 1.29 is 0 Å². The second-order valence-electron chi connectivity index (χ2n) is 6.31. The van der Waals surface area contributed by atoms with Crippen molar-refractivity contribution in [2.45, 2.75) is 39.2 Å². The molecule has 3 heteroatoms. The molecule has 2 heterocycles. The third-order valence-corrected chi connectivity index (χ3v) is 4.05. The molecule has 0 aliphatic carbocycles. The molecule has 1 aliphatic rings. The number of nitrogens with zero attached hydrogens (tertiary/aromatic N) is 1. The standard InChI is InChI=1S/C19H25N3/c1-14(2)21-19-18-9-11-20-10-8-16(18)13-17(22-19)12-15-6-4-3-5-7-15/h3-7,13-14,20H,8-12H2,1-2H3,(H,21,22). The van der Waals surface area contributed by atoms with Gasteiger partial charge in [0.2, 0.25) is 0 Å². The molecular weight excluding hydrogens is 270 g/mol. The number of aromatic nitrogens is 1. The predicted octanol–water partition coefficient (Wildman–Crippen LogP) is 3.18. The van der Waals surface area contributed by atoms with E-state index in [0.717, 1.165) is 43.9 Å². The third-order valence-electron chi connectivity index (χ3n) is 4.05. The highest BCUT2D eigenvalue weighted by atomic mass is 15.0. The molecule has 0 spiro atoms. The van der Waals surface area contributed by atoms with Gasteiger partial charge >= 0.3 is 0 Å². The first kappa shape index (κ1) is 15.0. The van der Waals surface area contributed by atoms with Crippen LogP contribution in [0.2, 0.25) is 0 Å². The monoisotopic (exact) mass is 295 g/mol. The number of benzene rings is 1. The van der Waals surface area contributed by atoms with Crippen molar-refractivity contribution in [1.29, 1.82) is 0 Å². The van der Waals surface area contributed by atoms with E-state index in [0.29, 0.717) is 6.04 Å². The first-order valence-electron chi connectivity index (χ1n) is 8.25. The molecule has 22 heavy (non-hydrogen) atoms. The van der Waals surface area contributed by atoms with E-state index >= 15 is 0 Å². The lowest BCUT2D eigenvalue weighted by Crippen LogP contribution is -2.17. The van der Waals surface area contributed by atoms with Crippen LogP contribution in [0.5, 0.6) is 0 Å². The first-order valence-corrected chi connectivity index (χ1v) is 8.25. The molecule has 1 aromatic carbocycles. The molecule has 0 fully saturated rings. The van der Waals surface area contributed by atoms with E-state index < -0.39 is 0 Å². The fourth-order valence-electron chi connectivity index (χ4n) is 3.04. The summed E-state index contributed by atoms with van der Waals surface area (Å²) in [5, 5.41) is 7.04. The van der Waals surface area contributed by atoms with Crippen molar-refractivity contribution in [3.63, 3.8) is 0 Å². The lowest BCUT2D eigenvalue weighted by Gasteiger charge is -2.17. The smallest absolute Gasteiger partial charge is 0.129 e. The number of rotatable bonds is 4. The van der Waals surface area contributed by atoms with Crippen LogP contribution in [0.15, 0.2) is 36.4 Å². The number of hydrogen-bond acceptors (Lipinski definition) is 3. The Morgan fingerprint density at radius 3 is 2.68 bits per heavy atom. The molecule has 2 aromatic rings. The Labute approximate surface area is 133 Å². The van der Waals surface area contributed by atoms with Gasteiger partial charge in [-0.1, -0.05) is 30.3 Å². The van der Waals surface area contributed by atoms with Crippen molar-refractivity contribution in [2.75, 3.05) is 18.4 Å². The molecule has 1 aliphatic heterocycles. The lowest BCUT2D eigenvalue weighted by atomic mass is 10.0. The van der Waals surface area contributed by atoms with E-state index in [9.17, 15) is 0 Å². The summed E-state index contributed by atoms with van der Waals surface area (Å²) in [6.07, 6.45) is 3.05. The normalized spacial score (nSPS) is 14.5. The number of hydrogen-bond donors (Lipinski definition) is 2. The summed E-state index contributed by atoms with van der Waals surface area (Å²) in [5.41, 5.74) is 5.33. The van der Waals surface area contributed by atoms with Crippen molar-refractivity contribution in [3.05, 3.63) is 58.8 Å². The van der Waals surface area contributed by atoms with Crippen LogP contribution in [0, 0.1) is 0 Å². The summed E-state index contributed by atoms with van der Waals surface area (Å²) in [4.78, 5) is 4.92. The summed E-state index contributed by atoms with van der Waals surface area (Å²) in [6.45, 7) is 6.45. The Bertz CT molecular complexity index is 620. The van der Waals surface area contributed by atoms with E-state index in [-0.39, 0.29) is 0 Å². The maximum atomic E-state index is 4.92. The third kappa shape index (κ3) is 3.66. The van der Waals surface area contributed by atoms with Gasteiger partial charge in [0.25, 0.3) is 0 Å². The second-order valence-corrected chi connectivity index (χ2v) is 6.31. The number of nitrogens with one attached hydrogen (secondary N) is 2. The van der Waals surface area contributed by atoms with E-state index in [1.807, 2.05) is 0 Å². The van der Waals surface area contributed by atoms with Crippen molar-refractivity contribution in [1.82, 2.24) is 10.3 Å². The minimum Gasteiger partial charge on any atom is -0.368 e. The zero-order chi connectivity index (χ0) is 15.4. The summed E-state index contributed by atoms with van der Waals surface area (Å²) in [5.74, 6) is 1.09. The molecule has 0 saturated carbocycles. The van der Waals surface area contributed by atoms with Crippen molar-refractivity contribution in [2.24, 2.45) is 0 Å². The van der Waals surface area contributed by atoms with Gasteiger partial charge in [0.05, 0.1) is 0 Å². The van der Waals surface area contributed by atoms with Gasteiger partial charge in [0, 0.05) is 18.2 Å². The zero-order valence-electron chi connectivity index (χ0n) is 13.5. The van der Waals surface area contributed by atoms with Crippen LogP contribution in [0.4, 0.5) is 5.82 Å². The fraction of sp³-hybridized carbons (Fsp3) is 0.421. The topological polar surface area (TPSA) is 37.0 Å². The molecule has 0 bridgehead atoms. The molecule has 0 amide bonds. The maximum absolute atomic E-state index is 4.92. The molecule has 1 aromatic heterocycles. The lowest BCUT2D eigenvalue weighted by molar-refractivity contribution is 0.710. The van der Waals surface area contributed by atoms with E-state index in [1.54, 1.807) is 0 Å². The highest BCUT2D eigenvalue weighted by molar-refractivity contribution is 5.51. The molecular formula is C19H25N3. The maximum Gasteiger partial charge on any atom is 0.129 e. The molecule has 0 radical (unpaired) electrons. The van der Waals surface area contributed by atoms with E-state index in [2.05, 4.69) is 60.9 Å². The minimum absolute atomic E-state index is 0.403. The van der Waals surface area contributed by atoms with E-state index in [4.69, 9.17) is 4.98 Å². The Balaban J connectivity index is 1.95. The molecule has 116 valence electrons. The molecule has 2 N–H and O–H groups in total.